The summed E-state index contributed by atoms with van der Waals surface area (Å²) in [4.78, 5) is 4.85. The van der Waals surface area contributed by atoms with Crippen LogP contribution in [0.5, 0.6) is 0 Å². The van der Waals surface area contributed by atoms with Gasteiger partial charge in [0.2, 0.25) is 0 Å². The molecule has 0 unspecified atom stereocenters. The molecule has 1 heteroatoms. The second-order valence-corrected chi connectivity index (χ2v) is 4.95. The van der Waals surface area contributed by atoms with E-state index in [0.717, 1.165) is 17.8 Å². The number of hydrogen-bond donors (Lipinski definition) is 0. The summed E-state index contributed by atoms with van der Waals surface area (Å²) in [6, 6.07) is 14.8. The molecular weight excluding hydrogens is 278 g/mol. The molecule has 0 heterocycles. The van der Waals surface area contributed by atoms with E-state index in [1.807, 2.05) is 27.7 Å². The van der Waals surface area contributed by atoms with Gasteiger partial charge in [-0.25, -0.2) is 0 Å². The summed E-state index contributed by atoms with van der Waals surface area (Å²) >= 11 is 0. The van der Waals surface area contributed by atoms with E-state index in [9.17, 15) is 0 Å². The van der Waals surface area contributed by atoms with Gasteiger partial charge >= 0.3 is 0 Å². The monoisotopic (exact) mass is 311 g/mol. The van der Waals surface area contributed by atoms with E-state index < -0.39 is 0 Å². The number of nitrogens with zero attached hydrogens (tertiary/aromatic N) is 1. The Morgan fingerprint density at radius 1 is 0.826 bits per heavy atom. The maximum Gasteiger partial charge on any atom is 0.0691 e. The fraction of sp³-hybridized carbons (Fsp3) is 0.409. The van der Waals surface area contributed by atoms with Crippen LogP contribution in [0.4, 0.5) is 5.69 Å². The molecule has 0 aliphatic rings. The highest BCUT2D eigenvalue weighted by Crippen LogP contribution is 2.24. The van der Waals surface area contributed by atoms with Gasteiger partial charge < -0.3 is 0 Å². The van der Waals surface area contributed by atoms with Gasteiger partial charge in [-0.3, -0.25) is 4.99 Å². The van der Waals surface area contributed by atoms with E-state index in [4.69, 9.17) is 4.99 Å². The molecule has 0 saturated heterocycles. The zero-order chi connectivity index (χ0) is 17.8. The second-order valence-electron chi connectivity index (χ2n) is 4.95. The lowest BCUT2D eigenvalue weighted by atomic mass is 10.0. The molecule has 0 aromatic heterocycles. The van der Waals surface area contributed by atoms with E-state index >= 15 is 0 Å². The third-order valence-electron chi connectivity index (χ3n) is 3.51. The van der Waals surface area contributed by atoms with Gasteiger partial charge in [0.05, 0.1) is 5.69 Å². The van der Waals surface area contributed by atoms with Crippen LogP contribution in [0.25, 0.3) is 0 Å². The van der Waals surface area contributed by atoms with Crippen LogP contribution in [0.3, 0.4) is 0 Å². The van der Waals surface area contributed by atoms with Crippen molar-refractivity contribution in [2.45, 2.75) is 61.8 Å². The van der Waals surface area contributed by atoms with Crippen LogP contribution in [0.15, 0.2) is 47.5 Å². The maximum atomic E-state index is 4.85. The quantitative estimate of drug-likeness (QED) is 0.538. The lowest BCUT2D eigenvalue weighted by Crippen LogP contribution is -2.00. The molecule has 0 aliphatic heterocycles. The van der Waals surface area contributed by atoms with Gasteiger partial charge in [-0.05, 0) is 49.4 Å². The molecule has 0 bridgehead atoms. The molecule has 0 saturated carbocycles. The molecule has 0 amide bonds. The van der Waals surface area contributed by atoms with E-state index in [-0.39, 0.29) is 0 Å². The Hall–Kier alpha value is -1.89. The van der Waals surface area contributed by atoms with Gasteiger partial charge in [0, 0.05) is 5.71 Å². The average Bonchev–Trinajstić information content (AvgIpc) is 2.61. The fourth-order valence-corrected chi connectivity index (χ4v) is 2.39. The van der Waals surface area contributed by atoms with Crippen LogP contribution in [0.2, 0.25) is 0 Å². The predicted octanol–water partition coefficient (Wildman–Crippen LogP) is 7.06. The van der Waals surface area contributed by atoms with Gasteiger partial charge in [0.15, 0.2) is 0 Å². The molecule has 0 aliphatic carbocycles. The van der Waals surface area contributed by atoms with Gasteiger partial charge in [-0.2, -0.15) is 0 Å². The second kappa shape index (κ2) is 11.6. The molecule has 0 radical (unpaired) electrons. The summed E-state index contributed by atoms with van der Waals surface area (Å²) in [5.41, 5.74) is 7.27. The largest absolute Gasteiger partial charge is 0.253 e. The summed E-state index contributed by atoms with van der Waals surface area (Å²) in [7, 11) is 0. The lowest BCUT2D eigenvalue weighted by molar-refractivity contribution is 1.13. The number of aliphatic imine (C=N–C) groups is 1. The molecular formula is C22H33N. The van der Waals surface area contributed by atoms with Crippen LogP contribution in [-0.4, -0.2) is 5.71 Å². The minimum Gasteiger partial charge on any atom is -0.253 e. The van der Waals surface area contributed by atoms with Crippen LogP contribution in [-0.2, 0) is 6.42 Å². The van der Waals surface area contributed by atoms with Crippen molar-refractivity contribution in [2.75, 3.05) is 0 Å². The van der Waals surface area contributed by atoms with Gasteiger partial charge in [0.25, 0.3) is 0 Å². The van der Waals surface area contributed by atoms with E-state index in [1.165, 1.54) is 22.3 Å². The van der Waals surface area contributed by atoms with E-state index in [0.29, 0.717) is 0 Å². The molecule has 126 valence electrons. The van der Waals surface area contributed by atoms with Gasteiger partial charge in [-0.15, -0.1) is 0 Å². The Kier molecular flexibility index (Phi) is 10.7. The summed E-state index contributed by atoms with van der Waals surface area (Å²) in [6.45, 7) is 16.5. The first-order valence-electron chi connectivity index (χ1n) is 8.83. The molecule has 1 nitrogen and oxygen atoms in total. The first kappa shape index (κ1) is 21.1. The minimum absolute atomic E-state index is 1.04. The smallest absolute Gasteiger partial charge is 0.0691 e. The highest BCUT2D eigenvalue weighted by Gasteiger charge is 2.05. The molecule has 2 aromatic carbocycles. The predicted molar refractivity (Wildman–Crippen MR) is 106 cm³/mol. The van der Waals surface area contributed by atoms with Gasteiger partial charge in [0.1, 0.15) is 0 Å². The van der Waals surface area contributed by atoms with Crippen molar-refractivity contribution in [1.29, 1.82) is 0 Å². The third kappa shape index (κ3) is 6.02. The van der Waals surface area contributed by atoms with Crippen LogP contribution < -0.4 is 0 Å². The van der Waals surface area contributed by atoms with Crippen molar-refractivity contribution < 1.29 is 0 Å². The first-order chi connectivity index (χ1) is 11.1. The summed E-state index contributed by atoms with van der Waals surface area (Å²) in [5, 5.41) is 0. The molecule has 0 spiro atoms. The SMILES string of the molecule is CC.CC.CCc1ccccc1C(C)=Nc1c(C)cccc1C. The molecule has 2 aromatic rings. The van der Waals surface area contributed by atoms with Crippen LogP contribution >= 0.6 is 0 Å². The number of hydrogen-bond acceptors (Lipinski definition) is 1. The van der Waals surface area contributed by atoms with Crippen molar-refractivity contribution >= 4 is 11.4 Å². The van der Waals surface area contributed by atoms with Crippen molar-refractivity contribution in [3.8, 4) is 0 Å². The molecule has 0 fully saturated rings. The van der Waals surface area contributed by atoms with Crippen LogP contribution in [0, 0.1) is 13.8 Å². The van der Waals surface area contributed by atoms with Crippen molar-refractivity contribution in [1.82, 2.24) is 0 Å². The summed E-state index contributed by atoms with van der Waals surface area (Å²) in [5.74, 6) is 0. The average molecular weight is 312 g/mol. The Morgan fingerprint density at radius 2 is 1.35 bits per heavy atom. The standard InChI is InChI=1S/C18H21N.2C2H6/c1-5-16-11-6-7-12-17(16)15(4)19-18-13(2)9-8-10-14(18)3;2*1-2/h6-12H,5H2,1-4H3;2*1-2H3. The van der Waals surface area contributed by atoms with Crippen molar-refractivity contribution in [3.63, 3.8) is 0 Å². The van der Waals surface area contributed by atoms with Crippen LogP contribution in [0.1, 0.15) is 63.8 Å². The van der Waals surface area contributed by atoms with E-state index in [1.54, 1.807) is 0 Å². The van der Waals surface area contributed by atoms with Crippen molar-refractivity contribution in [3.05, 3.63) is 64.7 Å². The lowest BCUT2D eigenvalue weighted by Gasteiger charge is -2.10. The molecule has 0 N–H and O–H groups in total. The highest BCUT2D eigenvalue weighted by atomic mass is 14.8. The Balaban J connectivity index is 0.00000112. The zero-order valence-corrected chi connectivity index (χ0v) is 16.2. The zero-order valence-electron chi connectivity index (χ0n) is 16.2. The Bertz CT molecular complexity index is 589. The minimum atomic E-state index is 1.04. The Labute approximate surface area is 143 Å². The van der Waals surface area contributed by atoms with Crippen molar-refractivity contribution in [2.24, 2.45) is 4.99 Å². The van der Waals surface area contributed by atoms with E-state index in [2.05, 4.69) is 70.2 Å². The number of para-hydroxylation sites is 1. The Morgan fingerprint density at radius 3 is 1.87 bits per heavy atom. The highest BCUT2D eigenvalue weighted by molar-refractivity contribution is 6.01. The normalized spacial score (nSPS) is 10.2. The fourth-order valence-electron chi connectivity index (χ4n) is 2.39. The first-order valence-corrected chi connectivity index (χ1v) is 8.83. The third-order valence-corrected chi connectivity index (χ3v) is 3.51. The maximum absolute atomic E-state index is 4.85. The summed E-state index contributed by atoms with van der Waals surface area (Å²) < 4.78 is 0. The molecule has 0 atom stereocenters. The number of benzene rings is 2. The molecule has 2 rings (SSSR count). The number of rotatable bonds is 3. The van der Waals surface area contributed by atoms with Gasteiger partial charge in [-0.1, -0.05) is 77.1 Å². The topological polar surface area (TPSA) is 12.4 Å². The molecule has 23 heavy (non-hydrogen) atoms. The number of aryl methyl sites for hydroxylation is 3. The summed E-state index contributed by atoms with van der Waals surface area (Å²) in [6.07, 6.45) is 1.04.